The highest BCUT2D eigenvalue weighted by molar-refractivity contribution is 9.10. The fourth-order valence-corrected chi connectivity index (χ4v) is 1.92. The topological polar surface area (TPSA) is 79.3 Å². The molecule has 5 nitrogen and oxygen atoms in total. The summed E-state index contributed by atoms with van der Waals surface area (Å²) < 4.78 is 26.8. The normalized spacial score (nSPS) is 10.2. The van der Waals surface area contributed by atoms with Gasteiger partial charge in [-0.1, -0.05) is 0 Å². The minimum atomic E-state index is -1.49. The molecule has 0 fully saturated rings. The van der Waals surface area contributed by atoms with E-state index in [0.717, 1.165) is 0 Å². The van der Waals surface area contributed by atoms with Crippen LogP contribution in [-0.2, 0) is 0 Å². The molecular formula is C13H7BrF2N2O3. The molecule has 0 aliphatic carbocycles. The molecule has 0 radical (unpaired) electrons. The first-order valence-electron chi connectivity index (χ1n) is 5.52. The Balaban J connectivity index is 2.37. The van der Waals surface area contributed by atoms with E-state index < -0.39 is 29.1 Å². The Bertz CT molecular complexity index is 737. The van der Waals surface area contributed by atoms with Crippen molar-refractivity contribution >= 4 is 33.5 Å². The number of amides is 1. The lowest BCUT2D eigenvalue weighted by Gasteiger charge is -2.09. The van der Waals surface area contributed by atoms with Gasteiger partial charge in [-0.2, -0.15) is 0 Å². The van der Waals surface area contributed by atoms with E-state index in [1.54, 1.807) is 0 Å². The molecule has 0 spiro atoms. The van der Waals surface area contributed by atoms with E-state index in [0.29, 0.717) is 16.6 Å². The molecule has 2 N–H and O–H groups in total. The molecule has 0 aliphatic rings. The predicted octanol–water partition coefficient (Wildman–Crippen LogP) is 3.07. The molecule has 8 heteroatoms. The Hall–Kier alpha value is -2.35. The van der Waals surface area contributed by atoms with Crippen LogP contribution in [0.4, 0.5) is 14.5 Å². The average Bonchev–Trinajstić information content (AvgIpc) is 2.42. The van der Waals surface area contributed by atoms with Gasteiger partial charge in [0.2, 0.25) is 0 Å². The van der Waals surface area contributed by atoms with Crippen LogP contribution < -0.4 is 5.32 Å². The summed E-state index contributed by atoms with van der Waals surface area (Å²) in [5.41, 5.74) is -0.762. The first-order valence-corrected chi connectivity index (χ1v) is 6.32. The number of aromatic carboxylic acids is 1. The predicted molar refractivity (Wildman–Crippen MR) is 73.2 cm³/mol. The lowest BCUT2D eigenvalue weighted by molar-refractivity contribution is 0.0697. The van der Waals surface area contributed by atoms with Gasteiger partial charge >= 0.3 is 5.97 Å². The molecule has 1 aromatic heterocycles. The van der Waals surface area contributed by atoms with Gasteiger partial charge in [0.1, 0.15) is 0 Å². The Labute approximate surface area is 125 Å². The molecule has 0 saturated carbocycles. The summed E-state index contributed by atoms with van der Waals surface area (Å²) in [5, 5.41) is 11.2. The van der Waals surface area contributed by atoms with Crippen LogP contribution in [0.15, 0.2) is 35.1 Å². The summed E-state index contributed by atoms with van der Waals surface area (Å²) in [5.74, 6) is -4.76. The van der Waals surface area contributed by atoms with E-state index in [1.165, 1.54) is 18.5 Å². The minimum absolute atomic E-state index is 0.130. The number of carboxylic acid groups (broad SMARTS) is 1. The van der Waals surface area contributed by atoms with Gasteiger partial charge in [-0.15, -0.1) is 0 Å². The van der Waals surface area contributed by atoms with E-state index >= 15 is 0 Å². The molecule has 0 bridgehead atoms. The number of benzene rings is 1. The van der Waals surface area contributed by atoms with E-state index in [2.05, 4.69) is 26.2 Å². The fraction of sp³-hybridized carbons (Fsp3) is 0. The summed E-state index contributed by atoms with van der Waals surface area (Å²) >= 11 is 3.13. The maximum absolute atomic E-state index is 13.2. The minimum Gasteiger partial charge on any atom is -0.478 e. The van der Waals surface area contributed by atoms with Crippen molar-refractivity contribution in [2.75, 3.05) is 5.32 Å². The second kappa shape index (κ2) is 5.96. The second-order valence-electron chi connectivity index (χ2n) is 3.96. The van der Waals surface area contributed by atoms with Crippen LogP contribution in [0.1, 0.15) is 20.7 Å². The Morgan fingerprint density at radius 3 is 2.43 bits per heavy atom. The number of hydrogen-bond acceptors (Lipinski definition) is 3. The molecule has 1 heterocycles. The number of hydrogen-bond donors (Lipinski definition) is 2. The first-order chi connectivity index (χ1) is 9.88. The number of pyridine rings is 1. The Morgan fingerprint density at radius 2 is 1.81 bits per heavy atom. The van der Waals surface area contributed by atoms with Crippen LogP contribution in [0, 0.1) is 11.6 Å². The molecule has 0 aliphatic heterocycles. The van der Waals surface area contributed by atoms with Crippen molar-refractivity contribution in [3.63, 3.8) is 0 Å². The second-order valence-corrected chi connectivity index (χ2v) is 4.88. The number of aromatic nitrogens is 1. The third-order valence-electron chi connectivity index (χ3n) is 2.51. The lowest BCUT2D eigenvalue weighted by atomic mass is 10.1. The zero-order chi connectivity index (χ0) is 15.6. The van der Waals surface area contributed by atoms with Crippen molar-refractivity contribution in [3.8, 4) is 0 Å². The molecule has 2 rings (SSSR count). The van der Waals surface area contributed by atoms with Gasteiger partial charge in [0, 0.05) is 22.9 Å². The first kappa shape index (κ1) is 15.0. The molecule has 0 saturated heterocycles. The van der Waals surface area contributed by atoms with Crippen molar-refractivity contribution in [2.45, 2.75) is 0 Å². The van der Waals surface area contributed by atoms with E-state index in [1.807, 2.05) is 0 Å². The van der Waals surface area contributed by atoms with Gasteiger partial charge in [0.05, 0.1) is 16.8 Å². The number of carboxylic acids is 1. The van der Waals surface area contributed by atoms with Crippen LogP contribution >= 0.6 is 15.9 Å². The van der Waals surface area contributed by atoms with Gasteiger partial charge < -0.3 is 10.4 Å². The zero-order valence-corrected chi connectivity index (χ0v) is 11.8. The smallest absolute Gasteiger partial charge is 0.337 e. The number of halogens is 3. The SMILES string of the molecule is O=C(Nc1cc(F)c(F)cc1C(=O)O)c1cncc(Br)c1. The van der Waals surface area contributed by atoms with Crippen LogP contribution in [0.5, 0.6) is 0 Å². The summed E-state index contributed by atoms with van der Waals surface area (Å²) in [6, 6.07) is 2.57. The number of carbonyl (C=O) groups is 2. The largest absolute Gasteiger partial charge is 0.478 e. The number of nitrogens with zero attached hydrogens (tertiary/aromatic N) is 1. The molecule has 0 atom stereocenters. The number of rotatable bonds is 3. The molecule has 0 unspecified atom stereocenters. The summed E-state index contributed by atoms with van der Waals surface area (Å²) in [7, 11) is 0. The Kier molecular flexibility index (Phi) is 4.27. The van der Waals surface area contributed by atoms with Crippen molar-refractivity contribution in [3.05, 3.63) is 57.8 Å². The summed E-state index contributed by atoms with van der Waals surface area (Å²) in [6.07, 6.45) is 2.71. The van der Waals surface area contributed by atoms with Gasteiger partial charge in [-0.05, 0) is 28.1 Å². The van der Waals surface area contributed by atoms with E-state index in [4.69, 9.17) is 5.11 Å². The van der Waals surface area contributed by atoms with E-state index in [-0.39, 0.29) is 11.3 Å². The number of carbonyl (C=O) groups excluding carboxylic acids is 1. The molecular weight excluding hydrogens is 350 g/mol. The highest BCUT2D eigenvalue weighted by Crippen LogP contribution is 2.21. The van der Waals surface area contributed by atoms with Gasteiger partial charge in [-0.25, -0.2) is 13.6 Å². The number of nitrogens with one attached hydrogen (secondary N) is 1. The molecule has 2 aromatic rings. The van der Waals surface area contributed by atoms with Gasteiger partial charge in [0.15, 0.2) is 11.6 Å². The highest BCUT2D eigenvalue weighted by Gasteiger charge is 2.18. The van der Waals surface area contributed by atoms with Crippen LogP contribution in [0.25, 0.3) is 0 Å². The summed E-state index contributed by atoms with van der Waals surface area (Å²) in [6.45, 7) is 0. The average molecular weight is 357 g/mol. The zero-order valence-electron chi connectivity index (χ0n) is 10.2. The Morgan fingerprint density at radius 1 is 1.14 bits per heavy atom. The van der Waals surface area contributed by atoms with Crippen LogP contribution in [0.3, 0.4) is 0 Å². The van der Waals surface area contributed by atoms with Crippen molar-refractivity contribution in [1.82, 2.24) is 4.98 Å². The van der Waals surface area contributed by atoms with Crippen molar-refractivity contribution in [2.24, 2.45) is 0 Å². The van der Waals surface area contributed by atoms with Crippen LogP contribution in [-0.4, -0.2) is 22.0 Å². The molecule has 21 heavy (non-hydrogen) atoms. The third kappa shape index (κ3) is 3.40. The van der Waals surface area contributed by atoms with Gasteiger partial charge in [-0.3, -0.25) is 9.78 Å². The molecule has 108 valence electrons. The third-order valence-corrected chi connectivity index (χ3v) is 2.94. The summed E-state index contributed by atoms with van der Waals surface area (Å²) in [4.78, 5) is 26.7. The molecule has 1 amide bonds. The van der Waals surface area contributed by atoms with Crippen molar-refractivity contribution in [1.29, 1.82) is 0 Å². The quantitative estimate of drug-likeness (QED) is 0.885. The monoisotopic (exact) mass is 356 g/mol. The van der Waals surface area contributed by atoms with E-state index in [9.17, 15) is 18.4 Å². The maximum Gasteiger partial charge on any atom is 0.337 e. The fourth-order valence-electron chi connectivity index (χ4n) is 1.56. The van der Waals surface area contributed by atoms with Crippen LogP contribution in [0.2, 0.25) is 0 Å². The maximum atomic E-state index is 13.2. The lowest BCUT2D eigenvalue weighted by Crippen LogP contribution is -2.15. The highest BCUT2D eigenvalue weighted by atomic mass is 79.9. The number of anilines is 1. The van der Waals surface area contributed by atoms with Gasteiger partial charge in [0.25, 0.3) is 5.91 Å². The molecule has 1 aromatic carbocycles. The van der Waals surface area contributed by atoms with Crippen molar-refractivity contribution < 1.29 is 23.5 Å². The standard InChI is InChI=1S/C13H7BrF2N2O3/c14-7-1-6(4-17-5-7)12(19)18-11-3-10(16)9(15)2-8(11)13(20)21/h1-5H,(H,18,19)(H,20,21).